The summed E-state index contributed by atoms with van der Waals surface area (Å²) in [5, 5.41) is 7.17. The Morgan fingerprint density at radius 2 is 2.32 bits per heavy atom. The van der Waals surface area contributed by atoms with Crippen LogP contribution in [0.5, 0.6) is 0 Å². The van der Waals surface area contributed by atoms with Crippen LogP contribution in [-0.2, 0) is 20.0 Å². The Kier molecular flexibility index (Phi) is 3.79. The van der Waals surface area contributed by atoms with Crippen LogP contribution in [0.4, 0.5) is 5.69 Å². The number of rotatable bonds is 4. The number of nitrogens with two attached hydrogens (primary N) is 1. The first-order valence-corrected chi connectivity index (χ1v) is 6.11. The molecule has 6 nitrogen and oxygen atoms in total. The zero-order valence-electron chi connectivity index (χ0n) is 11.1. The fraction of sp³-hybridized carbons (Fsp3) is 0.308. The number of hydrogen-bond acceptors (Lipinski definition) is 4. The SMILES string of the molecule is CCc1nn(C)cc1CNC(=O)c1ccncc1N. The molecule has 2 heterocycles. The lowest BCUT2D eigenvalue weighted by atomic mass is 10.2. The van der Waals surface area contributed by atoms with Crippen molar-refractivity contribution in [2.45, 2.75) is 19.9 Å². The van der Waals surface area contributed by atoms with Gasteiger partial charge in [0.15, 0.2) is 0 Å². The van der Waals surface area contributed by atoms with Crippen LogP contribution in [0.3, 0.4) is 0 Å². The summed E-state index contributed by atoms with van der Waals surface area (Å²) < 4.78 is 1.75. The van der Waals surface area contributed by atoms with Crippen molar-refractivity contribution in [2.24, 2.45) is 7.05 Å². The van der Waals surface area contributed by atoms with Gasteiger partial charge in [-0.25, -0.2) is 0 Å². The Morgan fingerprint density at radius 3 is 3.00 bits per heavy atom. The minimum absolute atomic E-state index is 0.203. The van der Waals surface area contributed by atoms with Crippen LogP contribution >= 0.6 is 0 Å². The summed E-state index contributed by atoms with van der Waals surface area (Å²) in [7, 11) is 1.87. The molecule has 0 saturated carbocycles. The number of aryl methyl sites for hydroxylation is 2. The molecule has 0 radical (unpaired) electrons. The third kappa shape index (κ3) is 2.90. The fourth-order valence-electron chi connectivity index (χ4n) is 1.91. The predicted molar refractivity (Wildman–Crippen MR) is 72.4 cm³/mol. The van der Waals surface area contributed by atoms with Crippen LogP contribution in [0, 0.1) is 0 Å². The first-order chi connectivity index (χ1) is 9.11. The largest absolute Gasteiger partial charge is 0.397 e. The zero-order chi connectivity index (χ0) is 13.8. The number of anilines is 1. The van der Waals surface area contributed by atoms with E-state index in [2.05, 4.69) is 15.4 Å². The smallest absolute Gasteiger partial charge is 0.253 e. The molecule has 2 aromatic heterocycles. The third-order valence-corrected chi connectivity index (χ3v) is 2.86. The van der Waals surface area contributed by atoms with Crippen molar-refractivity contribution in [1.29, 1.82) is 0 Å². The Labute approximate surface area is 111 Å². The van der Waals surface area contributed by atoms with Crippen LogP contribution in [0.2, 0.25) is 0 Å². The number of aromatic nitrogens is 3. The van der Waals surface area contributed by atoms with E-state index in [1.807, 2.05) is 20.2 Å². The molecular formula is C13H17N5O. The molecule has 3 N–H and O–H groups in total. The second kappa shape index (κ2) is 5.51. The fourth-order valence-corrected chi connectivity index (χ4v) is 1.91. The monoisotopic (exact) mass is 259 g/mol. The average Bonchev–Trinajstić information content (AvgIpc) is 2.77. The van der Waals surface area contributed by atoms with Gasteiger partial charge in [-0.05, 0) is 12.5 Å². The van der Waals surface area contributed by atoms with Gasteiger partial charge in [-0.1, -0.05) is 6.92 Å². The van der Waals surface area contributed by atoms with Gasteiger partial charge in [0, 0.05) is 31.5 Å². The summed E-state index contributed by atoms with van der Waals surface area (Å²) in [5.41, 5.74) is 8.54. The lowest BCUT2D eigenvalue weighted by molar-refractivity contribution is 0.0951. The molecule has 0 aliphatic carbocycles. The van der Waals surface area contributed by atoms with Crippen molar-refractivity contribution < 1.29 is 4.79 Å². The topological polar surface area (TPSA) is 85.8 Å². The molecule has 0 fully saturated rings. The number of pyridine rings is 1. The molecule has 0 aliphatic rings. The van der Waals surface area contributed by atoms with Gasteiger partial charge in [-0.15, -0.1) is 0 Å². The molecule has 2 aromatic rings. The normalized spacial score (nSPS) is 10.4. The van der Waals surface area contributed by atoms with Crippen molar-refractivity contribution in [3.8, 4) is 0 Å². The van der Waals surface area contributed by atoms with Crippen molar-refractivity contribution in [3.63, 3.8) is 0 Å². The summed E-state index contributed by atoms with van der Waals surface area (Å²) in [4.78, 5) is 15.9. The van der Waals surface area contributed by atoms with Crippen molar-refractivity contribution >= 4 is 11.6 Å². The second-order valence-electron chi connectivity index (χ2n) is 4.27. The van der Waals surface area contributed by atoms with E-state index in [1.54, 1.807) is 16.9 Å². The zero-order valence-corrected chi connectivity index (χ0v) is 11.1. The van der Waals surface area contributed by atoms with Gasteiger partial charge in [0.25, 0.3) is 5.91 Å². The van der Waals surface area contributed by atoms with E-state index in [9.17, 15) is 4.79 Å². The van der Waals surface area contributed by atoms with Crippen LogP contribution in [-0.4, -0.2) is 20.7 Å². The molecule has 0 saturated heterocycles. The highest BCUT2D eigenvalue weighted by molar-refractivity contribution is 5.98. The molecule has 0 aromatic carbocycles. The lowest BCUT2D eigenvalue weighted by Gasteiger charge is -2.06. The van der Waals surface area contributed by atoms with E-state index >= 15 is 0 Å². The highest BCUT2D eigenvalue weighted by Crippen LogP contribution is 2.10. The number of hydrogen-bond donors (Lipinski definition) is 2. The Bertz CT molecular complexity index is 590. The number of nitrogens with zero attached hydrogens (tertiary/aromatic N) is 3. The molecular weight excluding hydrogens is 242 g/mol. The molecule has 0 spiro atoms. The lowest BCUT2D eigenvalue weighted by Crippen LogP contribution is -2.24. The Hall–Kier alpha value is -2.37. The van der Waals surface area contributed by atoms with E-state index in [1.165, 1.54) is 6.20 Å². The van der Waals surface area contributed by atoms with Crippen molar-refractivity contribution in [3.05, 3.63) is 41.5 Å². The van der Waals surface area contributed by atoms with Gasteiger partial charge in [0.05, 0.1) is 23.1 Å². The molecule has 0 atom stereocenters. The highest BCUT2D eigenvalue weighted by Gasteiger charge is 2.11. The van der Waals surface area contributed by atoms with Crippen LogP contribution in [0.15, 0.2) is 24.7 Å². The molecule has 100 valence electrons. The number of nitrogens with one attached hydrogen (secondary N) is 1. The van der Waals surface area contributed by atoms with E-state index < -0.39 is 0 Å². The number of carbonyl (C=O) groups is 1. The third-order valence-electron chi connectivity index (χ3n) is 2.86. The molecule has 2 rings (SSSR count). The van der Waals surface area contributed by atoms with Gasteiger partial charge in [-0.2, -0.15) is 5.10 Å². The number of amides is 1. The van der Waals surface area contributed by atoms with E-state index in [0.717, 1.165) is 17.7 Å². The van der Waals surface area contributed by atoms with Crippen LogP contribution < -0.4 is 11.1 Å². The van der Waals surface area contributed by atoms with Gasteiger partial charge in [0.1, 0.15) is 0 Å². The predicted octanol–water partition coefficient (Wildman–Crippen LogP) is 0.890. The Balaban J connectivity index is 2.06. The quantitative estimate of drug-likeness (QED) is 0.853. The second-order valence-corrected chi connectivity index (χ2v) is 4.27. The molecule has 1 amide bonds. The minimum atomic E-state index is -0.203. The van der Waals surface area contributed by atoms with Crippen molar-refractivity contribution in [2.75, 3.05) is 5.73 Å². The minimum Gasteiger partial charge on any atom is -0.397 e. The molecule has 6 heteroatoms. The number of carbonyl (C=O) groups excluding carboxylic acids is 1. The van der Waals surface area contributed by atoms with E-state index in [-0.39, 0.29) is 5.91 Å². The number of nitrogen functional groups attached to an aromatic ring is 1. The highest BCUT2D eigenvalue weighted by atomic mass is 16.1. The van der Waals surface area contributed by atoms with Crippen molar-refractivity contribution in [1.82, 2.24) is 20.1 Å². The van der Waals surface area contributed by atoms with Gasteiger partial charge in [-0.3, -0.25) is 14.5 Å². The first-order valence-electron chi connectivity index (χ1n) is 6.11. The summed E-state index contributed by atoms with van der Waals surface area (Å²) in [5.74, 6) is -0.203. The average molecular weight is 259 g/mol. The summed E-state index contributed by atoms with van der Waals surface area (Å²) >= 11 is 0. The van der Waals surface area contributed by atoms with Gasteiger partial charge in [0.2, 0.25) is 0 Å². The van der Waals surface area contributed by atoms with Crippen LogP contribution in [0.1, 0.15) is 28.5 Å². The van der Waals surface area contributed by atoms with E-state index in [4.69, 9.17) is 5.73 Å². The van der Waals surface area contributed by atoms with Gasteiger partial charge < -0.3 is 11.1 Å². The molecule has 19 heavy (non-hydrogen) atoms. The van der Waals surface area contributed by atoms with E-state index in [0.29, 0.717) is 17.8 Å². The Morgan fingerprint density at radius 1 is 1.53 bits per heavy atom. The van der Waals surface area contributed by atoms with Crippen LogP contribution in [0.25, 0.3) is 0 Å². The maximum Gasteiger partial charge on any atom is 0.253 e. The van der Waals surface area contributed by atoms with Gasteiger partial charge >= 0.3 is 0 Å². The first kappa shape index (κ1) is 13.1. The summed E-state index contributed by atoms with van der Waals surface area (Å²) in [6.07, 6.45) is 5.77. The maximum atomic E-state index is 12.0. The molecule has 0 unspecified atom stereocenters. The summed E-state index contributed by atoms with van der Waals surface area (Å²) in [6.45, 7) is 2.48. The standard InChI is InChI=1S/C13H17N5O/c1-3-12-9(8-18(2)17-12)6-16-13(19)10-4-5-15-7-11(10)14/h4-5,7-8H,3,6,14H2,1-2H3,(H,16,19). The maximum absolute atomic E-state index is 12.0. The summed E-state index contributed by atoms with van der Waals surface area (Å²) in [6, 6.07) is 1.61. The molecule has 0 aliphatic heterocycles. The molecule has 0 bridgehead atoms.